The van der Waals surface area contributed by atoms with Gasteiger partial charge in [0.1, 0.15) is 6.61 Å². The fourth-order valence-corrected chi connectivity index (χ4v) is 3.82. The molecular formula is C14H20N2O4S. The summed E-state index contributed by atoms with van der Waals surface area (Å²) in [6, 6.07) is 9.11. The van der Waals surface area contributed by atoms with Crippen molar-refractivity contribution in [3.05, 3.63) is 35.9 Å². The minimum atomic E-state index is -3.33. The summed E-state index contributed by atoms with van der Waals surface area (Å²) in [6.45, 7) is 1.54. The zero-order valence-electron chi connectivity index (χ0n) is 12.1. The Kier molecular flexibility index (Phi) is 5.33. The molecule has 7 heteroatoms. The van der Waals surface area contributed by atoms with E-state index in [1.807, 2.05) is 18.2 Å². The summed E-state index contributed by atoms with van der Waals surface area (Å²) in [5, 5.41) is 0. The number of hydrogen-bond donors (Lipinski definition) is 0. The van der Waals surface area contributed by atoms with Crippen molar-refractivity contribution in [2.45, 2.75) is 5.75 Å². The first-order valence-corrected chi connectivity index (χ1v) is 8.42. The van der Waals surface area contributed by atoms with Gasteiger partial charge in [-0.1, -0.05) is 30.3 Å². The third-order valence-electron chi connectivity index (χ3n) is 3.44. The Morgan fingerprint density at radius 3 is 2.33 bits per heavy atom. The van der Waals surface area contributed by atoms with Gasteiger partial charge in [0.05, 0.1) is 5.75 Å². The maximum absolute atomic E-state index is 12.4. The number of amides is 1. The van der Waals surface area contributed by atoms with E-state index >= 15 is 0 Å². The highest BCUT2D eigenvalue weighted by molar-refractivity contribution is 7.88. The molecule has 2 rings (SSSR count). The van der Waals surface area contributed by atoms with Gasteiger partial charge in [0.2, 0.25) is 15.9 Å². The Balaban J connectivity index is 1.93. The molecule has 1 heterocycles. The average Bonchev–Trinajstić information content (AvgIpc) is 2.48. The maximum atomic E-state index is 12.4. The second kappa shape index (κ2) is 7.02. The van der Waals surface area contributed by atoms with Crippen LogP contribution in [0.2, 0.25) is 0 Å². The van der Waals surface area contributed by atoms with Crippen LogP contribution in [0.15, 0.2) is 30.3 Å². The van der Waals surface area contributed by atoms with Gasteiger partial charge >= 0.3 is 0 Å². The molecule has 1 aliphatic rings. The van der Waals surface area contributed by atoms with Crippen molar-refractivity contribution in [3.63, 3.8) is 0 Å². The van der Waals surface area contributed by atoms with Gasteiger partial charge in [-0.25, -0.2) is 8.42 Å². The van der Waals surface area contributed by atoms with Crippen LogP contribution < -0.4 is 0 Å². The quantitative estimate of drug-likeness (QED) is 0.785. The van der Waals surface area contributed by atoms with Crippen molar-refractivity contribution in [3.8, 4) is 0 Å². The van der Waals surface area contributed by atoms with Gasteiger partial charge in [0.15, 0.2) is 0 Å². The molecule has 0 atom stereocenters. The fourth-order valence-electron chi connectivity index (χ4n) is 2.31. The van der Waals surface area contributed by atoms with Crippen molar-refractivity contribution in [2.75, 3.05) is 39.9 Å². The molecule has 1 aliphatic heterocycles. The van der Waals surface area contributed by atoms with E-state index < -0.39 is 10.0 Å². The maximum Gasteiger partial charge on any atom is 0.248 e. The molecule has 1 aromatic carbocycles. The number of carbonyl (C=O) groups is 1. The lowest BCUT2D eigenvalue weighted by molar-refractivity contribution is -0.136. The Morgan fingerprint density at radius 1 is 1.14 bits per heavy atom. The molecule has 1 fully saturated rings. The van der Waals surface area contributed by atoms with Gasteiger partial charge in [-0.2, -0.15) is 4.31 Å². The standard InChI is InChI=1S/C14H20N2O4S/c1-20-11-14(17)15-7-9-16(10-8-15)21(18,19)12-13-5-3-2-4-6-13/h2-6H,7-12H2,1H3. The summed E-state index contributed by atoms with van der Waals surface area (Å²) in [5.74, 6) is -0.0996. The number of ether oxygens (including phenoxy) is 1. The first-order chi connectivity index (χ1) is 10.0. The molecule has 0 N–H and O–H groups in total. The summed E-state index contributed by atoms with van der Waals surface area (Å²) in [7, 11) is -1.86. The van der Waals surface area contributed by atoms with Crippen molar-refractivity contribution in [2.24, 2.45) is 0 Å². The minimum Gasteiger partial charge on any atom is -0.375 e. The molecule has 0 spiro atoms. The predicted octanol–water partition coefficient (Wildman–Crippen LogP) is 0.307. The Hall–Kier alpha value is -1.44. The van der Waals surface area contributed by atoms with E-state index in [9.17, 15) is 13.2 Å². The number of benzene rings is 1. The lowest BCUT2D eigenvalue weighted by Gasteiger charge is -2.33. The van der Waals surface area contributed by atoms with Crippen LogP contribution in [0.4, 0.5) is 0 Å². The third kappa shape index (κ3) is 4.26. The van der Waals surface area contributed by atoms with Crippen LogP contribution in [0.25, 0.3) is 0 Å². The highest BCUT2D eigenvalue weighted by Crippen LogP contribution is 2.13. The summed E-state index contributed by atoms with van der Waals surface area (Å²) >= 11 is 0. The van der Waals surface area contributed by atoms with Crippen LogP contribution in [-0.2, 0) is 25.3 Å². The van der Waals surface area contributed by atoms with Gasteiger partial charge in [-0.3, -0.25) is 4.79 Å². The number of methoxy groups -OCH3 is 1. The summed E-state index contributed by atoms with van der Waals surface area (Å²) < 4.78 is 31.0. The molecule has 1 amide bonds. The van der Waals surface area contributed by atoms with Crippen molar-refractivity contribution in [1.82, 2.24) is 9.21 Å². The van der Waals surface area contributed by atoms with Crippen LogP contribution in [0.5, 0.6) is 0 Å². The molecule has 21 heavy (non-hydrogen) atoms. The molecule has 116 valence electrons. The Labute approximate surface area is 125 Å². The largest absolute Gasteiger partial charge is 0.375 e. The Bertz CT molecular complexity index is 566. The summed E-state index contributed by atoms with van der Waals surface area (Å²) in [5.41, 5.74) is 0.774. The third-order valence-corrected chi connectivity index (χ3v) is 5.29. The zero-order valence-corrected chi connectivity index (χ0v) is 12.9. The molecular weight excluding hydrogens is 292 g/mol. The monoisotopic (exact) mass is 312 g/mol. The molecule has 0 radical (unpaired) electrons. The van der Waals surface area contributed by atoms with E-state index in [-0.39, 0.29) is 18.3 Å². The second-order valence-electron chi connectivity index (χ2n) is 4.95. The number of sulfonamides is 1. The molecule has 0 unspecified atom stereocenters. The van der Waals surface area contributed by atoms with Crippen LogP contribution in [0.1, 0.15) is 5.56 Å². The first-order valence-electron chi connectivity index (χ1n) is 6.81. The number of nitrogens with zero attached hydrogens (tertiary/aromatic N) is 2. The molecule has 1 aromatic rings. The lowest BCUT2D eigenvalue weighted by Crippen LogP contribution is -2.51. The number of rotatable bonds is 5. The zero-order chi connectivity index (χ0) is 15.3. The number of carbonyl (C=O) groups excluding carboxylic acids is 1. The molecule has 0 aromatic heterocycles. The van der Waals surface area contributed by atoms with Gasteiger partial charge in [-0.15, -0.1) is 0 Å². The normalized spacial score (nSPS) is 16.9. The van der Waals surface area contributed by atoms with Gasteiger partial charge in [0.25, 0.3) is 0 Å². The second-order valence-corrected chi connectivity index (χ2v) is 6.92. The summed E-state index contributed by atoms with van der Waals surface area (Å²) in [6.07, 6.45) is 0. The van der Waals surface area contributed by atoms with Crippen LogP contribution >= 0.6 is 0 Å². The molecule has 6 nitrogen and oxygen atoms in total. The van der Waals surface area contributed by atoms with Crippen molar-refractivity contribution >= 4 is 15.9 Å². The first kappa shape index (κ1) is 15.9. The molecule has 0 saturated carbocycles. The molecule has 0 aliphatic carbocycles. The average molecular weight is 312 g/mol. The van der Waals surface area contributed by atoms with Gasteiger partial charge in [0, 0.05) is 33.3 Å². The van der Waals surface area contributed by atoms with Crippen LogP contribution in [0.3, 0.4) is 0 Å². The van der Waals surface area contributed by atoms with Crippen molar-refractivity contribution in [1.29, 1.82) is 0 Å². The molecule has 1 saturated heterocycles. The Morgan fingerprint density at radius 2 is 1.76 bits per heavy atom. The van der Waals surface area contributed by atoms with Crippen molar-refractivity contribution < 1.29 is 17.9 Å². The minimum absolute atomic E-state index is 0.000141. The van der Waals surface area contributed by atoms with Gasteiger partial charge < -0.3 is 9.64 Å². The van der Waals surface area contributed by atoms with E-state index in [0.717, 1.165) is 5.56 Å². The molecule has 0 bridgehead atoms. The number of piperazine rings is 1. The lowest BCUT2D eigenvalue weighted by atomic mass is 10.2. The predicted molar refractivity (Wildman–Crippen MR) is 79.1 cm³/mol. The van der Waals surface area contributed by atoms with E-state index in [1.165, 1.54) is 11.4 Å². The van der Waals surface area contributed by atoms with Crippen LogP contribution in [0, 0.1) is 0 Å². The SMILES string of the molecule is COCC(=O)N1CCN(S(=O)(=O)Cc2ccccc2)CC1. The smallest absolute Gasteiger partial charge is 0.248 e. The van der Waals surface area contributed by atoms with Crippen LogP contribution in [-0.4, -0.2) is 63.4 Å². The fraction of sp³-hybridized carbons (Fsp3) is 0.500. The topological polar surface area (TPSA) is 66.9 Å². The summed E-state index contributed by atoms with van der Waals surface area (Å²) in [4.78, 5) is 13.3. The number of hydrogen-bond acceptors (Lipinski definition) is 4. The van der Waals surface area contributed by atoms with Gasteiger partial charge in [-0.05, 0) is 5.56 Å². The highest BCUT2D eigenvalue weighted by atomic mass is 32.2. The van der Waals surface area contributed by atoms with E-state index in [1.54, 1.807) is 17.0 Å². The van der Waals surface area contributed by atoms with E-state index in [4.69, 9.17) is 4.74 Å². The van der Waals surface area contributed by atoms with E-state index in [0.29, 0.717) is 26.2 Å². The van der Waals surface area contributed by atoms with E-state index in [2.05, 4.69) is 0 Å². The highest BCUT2D eigenvalue weighted by Gasteiger charge is 2.28.